The standard InChI is InChI=1S/C20H30N4O/c21-20(23-11-6-1-2-7-12-23)22-15-18-14-19(25)24(16-18)13-10-17-8-4-3-5-9-17/h3-5,8-9,18H,1-2,6-7,10-16H2,(H2,21,22)/t18-/m0/s1. The van der Waals surface area contributed by atoms with Crippen molar-refractivity contribution in [3.8, 4) is 0 Å². The van der Waals surface area contributed by atoms with Crippen LogP contribution >= 0.6 is 0 Å². The summed E-state index contributed by atoms with van der Waals surface area (Å²) in [6, 6.07) is 10.3. The Labute approximate surface area is 150 Å². The van der Waals surface area contributed by atoms with Gasteiger partial charge in [0.1, 0.15) is 0 Å². The monoisotopic (exact) mass is 342 g/mol. The molecule has 5 nitrogen and oxygen atoms in total. The van der Waals surface area contributed by atoms with Crippen LogP contribution < -0.4 is 5.73 Å². The number of amides is 1. The van der Waals surface area contributed by atoms with Crippen LogP contribution in [0.15, 0.2) is 35.3 Å². The van der Waals surface area contributed by atoms with Gasteiger partial charge in [-0.1, -0.05) is 43.2 Å². The quantitative estimate of drug-likeness (QED) is 0.659. The van der Waals surface area contributed by atoms with Gasteiger partial charge in [-0.15, -0.1) is 0 Å². The summed E-state index contributed by atoms with van der Waals surface area (Å²) in [5.41, 5.74) is 7.46. The van der Waals surface area contributed by atoms with Crippen molar-refractivity contribution < 1.29 is 4.79 Å². The molecule has 0 radical (unpaired) electrons. The Morgan fingerprint density at radius 3 is 2.56 bits per heavy atom. The van der Waals surface area contributed by atoms with Crippen molar-refractivity contribution in [3.63, 3.8) is 0 Å². The minimum atomic E-state index is 0.254. The van der Waals surface area contributed by atoms with Crippen molar-refractivity contribution in [1.29, 1.82) is 0 Å². The van der Waals surface area contributed by atoms with Gasteiger partial charge in [0.15, 0.2) is 5.96 Å². The van der Waals surface area contributed by atoms with E-state index < -0.39 is 0 Å². The zero-order valence-corrected chi connectivity index (χ0v) is 15.1. The van der Waals surface area contributed by atoms with E-state index in [4.69, 9.17) is 5.73 Å². The van der Waals surface area contributed by atoms with Gasteiger partial charge in [0.05, 0.1) is 0 Å². The second-order valence-electron chi connectivity index (χ2n) is 7.25. The molecule has 2 N–H and O–H groups in total. The third-order valence-corrected chi connectivity index (χ3v) is 5.25. The van der Waals surface area contributed by atoms with Crippen LogP contribution in [-0.2, 0) is 11.2 Å². The van der Waals surface area contributed by atoms with Gasteiger partial charge in [0.25, 0.3) is 0 Å². The number of nitrogens with zero attached hydrogens (tertiary/aromatic N) is 3. The molecule has 0 spiro atoms. The molecule has 0 aromatic heterocycles. The van der Waals surface area contributed by atoms with E-state index in [-0.39, 0.29) is 5.91 Å². The normalized spacial score (nSPS) is 22.3. The summed E-state index contributed by atoms with van der Waals surface area (Å²) < 4.78 is 0. The lowest BCUT2D eigenvalue weighted by Crippen LogP contribution is -2.38. The summed E-state index contributed by atoms with van der Waals surface area (Å²) in [5, 5.41) is 0. The van der Waals surface area contributed by atoms with Crippen LogP contribution in [0.25, 0.3) is 0 Å². The summed E-state index contributed by atoms with van der Waals surface area (Å²) in [4.78, 5) is 21.0. The van der Waals surface area contributed by atoms with E-state index >= 15 is 0 Å². The highest BCUT2D eigenvalue weighted by Crippen LogP contribution is 2.19. The van der Waals surface area contributed by atoms with Crippen LogP contribution in [0.1, 0.15) is 37.7 Å². The fraction of sp³-hybridized carbons (Fsp3) is 0.600. The van der Waals surface area contributed by atoms with Crippen LogP contribution in [0.2, 0.25) is 0 Å². The lowest BCUT2D eigenvalue weighted by atomic mass is 10.1. The zero-order chi connectivity index (χ0) is 17.5. The zero-order valence-electron chi connectivity index (χ0n) is 15.1. The number of aliphatic imine (C=N–C) groups is 1. The summed E-state index contributed by atoms with van der Waals surface area (Å²) in [7, 11) is 0. The molecule has 3 rings (SSSR count). The van der Waals surface area contributed by atoms with Crippen LogP contribution in [-0.4, -0.2) is 54.4 Å². The highest BCUT2D eigenvalue weighted by Gasteiger charge is 2.29. The second-order valence-corrected chi connectivity index (χ2v) is 7.25. The van der Waals surface area contributed by atoms with Gasteiger partial charge in [0, 0.05) is 45.1 Å². The Balaban J connectivity index is 1.46. The second kappa shape index (κ2) is 8.88. The number of likely N-dealkylation sites (tertiary alicyclic amines) is 2. The predicted octanol–water partition coefficient (Wildman–Crippen LogP) is 2.27. The lowest BCUT2D eigenvalue weighted by Gasteiger charge is -2.21. The minimum absolute atomic E-state index is 0.254. The van der Waals surface area contributed by atoms with Crippen molar-refractivity contribution in [2.75, 3.05) is 32.7 Å². The van der Waals surface area contributed by atoms with Gasteiger partial charge in [-0.05, 0) is 24.8 Å². The van der Waals surface area contributed by atoms with Gasteiger partial charge >= 0.3 is 0 Å². The first-order chi connectivity index (χ1) is 12.2. The molecular formula is C20H30N4O. The average Bonchev–Trinajstić information content (AvgIpc) is 2.83. The van der Waals surface area contributed by atoms with E-state index in [0.717, 1.165) is 32.6 Å². The highest BCUT2D eigenvalue weighted by atomic mass is 16.2. The maximum Gasteiger partial charge on any atom is 0.223 e. The van der Waals surface area contributed by atoms with Crippen molar-refractivity contribution in [2.45, 2.75) is 38.5 Å². The Kier molecular flexibility index (Phi) is 6.31. The molecule has 2 heterocycles. The van der Waals surface area contributed by atoms with Gasteiger partial charge < -0.3 is 15.5 Å². The summed E-state index contributed by atoms with van der Waals surface area (Å²) >= 11 is 0. The molecule has 0 saturated carbocycles. The Bertz CT molecular complexity index is 579. The van der Waals surface area contributed by atoms with Crippen molar-refractivity contribution in [3.05, 3.63) is 35.9 Å². The maximum absolute atomic E-state index is 12.2. The molecule has 1 aromatic rings. The molecular weight excluding hydrogens is 312 g/mol. The van der Waals surface area contributed by atoms with Gasteiger partial charge in [-0.3, -0.25) is 9.79 Å². The van der Waals surface area contributed by atoms with Crippen LogP contribution in [0.3, 0.4) is 0 Å². The molecule has 5 heteroatoms. The number of guanidine groups is 1. The van der Waals surface area contributed by atoms with E-state index in [2.05, 4.69) is 22.0 Å². The SMILES string of the molecule is NC(=NC[C@@H]1CC(=O)N(CCc2ccccc2)C1)N1CCCCCC1. The largest absolute Gasteiger partial charge is 0.370 e. The maximum atomic E-state index is 12.2. The topological polar surface area (TPSA) is 61.9 Å². The molecule has 0 unspecified atom stereocenters. The molecule has 2 saturated heterocycles. The number of carbonyl (C=O) groups excluding carboxylic acids is 1. The minimum Gasteiger partial charge on any atom is -0.370 e. The summed E-state index contributed by atoms with van der Waals surface area (Å²) in [6.07, 6.45) is 6.50. The Morgan fingerprint density at radius 2 is 1.84 bits per heavy atom. The fourth-order valence-corrected chi connectivity index (χ4v) is 3.72. The Hall–Kier alpha value is -2.04. The first-order valence-corrected chi connectivity index (χ1v) is 9.59. The van der Waals surface area contributed by atoms with E-state index in [1.54, 1.807) is 0 Å². The molecule has 1 aromatic carbocycles. The molecule has 2 fully saturated rings. The van der Waals surface area contributed by atoms with E-state index in [0.29, 0.717) is 24.8 Å². The lowest BCUT2D eigenvalue weighted by molar-refractivity contribution is -0.127. The average molecular weight is 342 g/mol. The summed E-state index contributed by atoms with van der Waals surface area (Å²) in [5.74, 6) is 1.22. The molecule has 25 heavy (non-hydrogen) atoms. The number of carbonyl (C=O) groups is 1. The number of hydrogen-bond acceptors (Lipinski definition) is 2. The smallest absolute Gasteiger partial charge is 0.223 e. The first-order valence-electron chi connectivity index (χ1n) is 9.59. The fourth-order valence-electron chi connectivity index (χ4n) is 3.72. The molecule has 1 atom stereocenters. The van der Waals surface area contributed by atoms with E-state index in [1.165, 1.54) is 31.2 Å². The van der Waals surface area contributed by atoms with E-state index in [1.807, 2.05) is 23.1 Å². The van der Waals surface area contributed by atoms with Crippen molar-refractivity contribution >= 4 is 11.9 Å². The predicted molar refractivity (Wildman–Crippen MR) is 101 cm³/mol. The van der Waals surface area contributed by atoms with E-state index in [9.17, 15) is 4.79 Å². The molecule has 0 aliphatic carbocycles. The number of benzene rings is 1. The molecule has 0 bridgehead atoms. The van der Waals surface area contributed by atoms with Gasteiger partial charge in [-0.25, -0.2) is 0 Å². The van der Waals surface area contributed by atoms with Crippen LogP contribution in [0, 0.1) is 5.92 Å². The highest BCUT2D eigenvalue weighted by molar-refractivity contribution is 5.79. The third kappa shape index (κ3) is 5.21. The van der Waals surface area contributed by atoms with Crippen LogP contribution in [0.5, 0.6) is 0 Å². The molecule has 1 amide bonds. The first kappa shape index (κ1) is 17.8. The Morgan fingerprint density at radius 1 is 1.12 bits per heavy atom. The van der Waals surface area contributed by atoms with Gasteiger partial charge in [-0.2, -0.15) is 0 Å². The summed E-state index contributed by atoms with van der Waals surface area (Å²) in [6.45, 7) is 4.30. The van der Waals surface area contributed by atoms with Crippen LogP contribution in [0.4, 0.5) is 0 Å². The number of nitrogens with two attached hydrogens (primary N) is 1. The third-order valence-electron chi connectivity index (χ3n) is 5.25. The number of rotatable bonds is 5. The van der Waals surface area contributed by atoms with Gasteiger partial charge in [0.2, 0.25) is 5.91 Å². The van der Waals surface area contributed by atoms with Crippen molar-refractivity contribution in [1.82, 2.24) is 9.80 Å². The molecule has 136 valence electrons. The molecule has 2 aliphatic heterocycles. The molecule has 2 aliphatic rings. The van der Waals surface area contributed by atoms with Crippen molar-refractivity contribution in [2.24, 2.45) is 16.6 Å². The number of hydrogen-bond donors (Lipinski definition) is 1.